The Morgan fingerprint density at radius 2 is 0.447 bits per heavy atom. The molecule has 26 rings (SSSR count). The number of nitrogens with zero attached hydrogens (tertiary/aromatic N) is 9. The first-order chi connectivity index (χ1) is 64.8. The van der Waals surface area contributed by atoms with Gasteiger partial charge in [0.2, 0.25) is 0 Å². The summed E-state index contributed by atoms with van der Waals surface area (Å²) in [6.45, 7) is 14.5. The van der Waals surface area contributed by atoms with E-state index in [2.05, 4.69) is 465 Å². The van der Waals surface area contributed by atoms with E-state index in [1.165, 1.54) is 153 Å². The van der Waals surface area contributed by atoms with Gasteiger partial charge in [-0.05, 0) is 139 Å². The third-order valence-corrected chi connectivity index (χ3v) is 37.5. The van der Waals surface area contributed by atoms with Crippen LogP contribution < -0.4 is 31.5 Å². The highest BCUT2D eigenvalue weighted by Crippen LogP contribution is 2.46. The van der Waals surface area contributed by atoms with Gasteiger partial charge in [-0.25, -0.2) is 29.9 Å². The maximum Gasteiger partial charge on any atom is 0.159 e. The molecule has 626 valence electrons. The molecule has 3 aliphatic heterocycles. The van der Waals surface area contributed by atoms with Crippen LogP contribution in [0.5, 0.6) is 0 Å². The van der Waals surface area contributed by atoms with E-state index in [0.717, 1.165) is 85.0 Å². The minimum Gasteiger partial charge on any atom is -0.309 e. The zero-order valence-corrected chi connectivity index (χ0v) is 77.0. The summed E-state index contributed by atoms with van der Waals surface area (Å²) in [5.74, 6) is 2.39. The standard InChI is InChI=1S/2C42H31N3Si.C36H27N3Si/c1-46(2)38-23-12-10-21-34(38)39-40(43-41(44-42(39)46)29-16-7-4-8-17-29)31-24-25-37-35(27-31)33-20-9-11-22-36(33)45(37)32-19-13-18-30(26-32)28-14-5-3-6-15-28;1-46(2)38-20-12-10-18-34(38)39-40(43-41(44-42(39)46)30-15-7-4-8-16-30)31-23-26-37-35(27-31)33-17-9-11-19-36(33)45(37)32-24-21-29(22-25-32)28-13-5-3-6-14-28;1-40(2)32-20-12-10-18-29(32)33-34(37-35(38-36(33)40)24-13-5-3-6-14-24)25-21-22-28-27-17-9-11-19-30(27)39(31(28)23-25)26-15-7-4-8-16-26/h2*3-27H,1-2H3;3-23H,1-2H3. The van der Waals surface area contributed by atoms with Crippen molar-refractivity contribution >= 4 is 121 Å². The Bertz CT molecular complexity index is 8520. The van der Waals surface area contributed by atoms with E-state index >= 15 is 0 Å². The second-order valence-electron chi connectivity index (χ2n) is 36.4. The summed E-state index contributed by atoms with van der Waals surface area (Å²) in [6, 6.07) is 154. The van der Waals surface area contributed by atoms with Crippen LogP contribution in [0.3, 0.4) is 0 Å². The zero-order chi connectivity index (χ0) is 88.5. The van der Waals surface area contributed by atoms with Gasteiger partial charge in [0.1, 0.15) is 24.2 Å². The van der Waals surface area contributed by atoms with E-state index in [4.69, 9.17) is 29.9 Å². The molecule has 0 spiro atoms. The number of para-hydroxylation sites is 4. The summed E-state index contributed by atoms with van der Waals surface area (Å²) >= 11 is 0. The Balaban J connectivity index is 0.000000110. The van der Waals surface area contributed by atoms with Crippen LogP contribution in [-0.4, -0.2) is 67.8 Å². The van der Waals surface area contributed by atoms with E-state index in [1.54, 1.807) is 0 Å². The fourth-order valence-corrected chi connectivity index (χ4v) is 29.8. The van der Waals surface area contributed by atoms with Gasteiger partial charge in [-0.2, -0.15) is 0 Å². The molecule has 0 unspecified atom stereocenters. The largest absolute Gasteiger partial charge is 0.309 e. The molecule has 0 N–H and O–H groups in total. The van der Waals surface area contributed by atoms with E-state index in [9.17, 15) is 0 Å². The van der Waals surface area contributed by atoms with Crippen LogP contribution in [0.2, 0.25) is 39.3 Å². The van der Waals surface area contributed by atoms with Crippen molar-refractivity contribution < 1.29 is 0 Å². The van der Waals surface area contributed by atoms with E-state index in [-0.39, 0.29) is 0 Å². The normalized spacial score (nSPS) is 13.3. The van der Waals surface area contributed by atoms with Crippen LogP contribution in [0.15, 0.2) is 431 Å². The molecule has 0 saturated carbocycles. The molecule has 0 radical (unpaired) electrons. The van der Waals surface area contributed by atoms with Gasteiger partial charge in [0.25, 0.3) is 0 Å². The summed E-state index contributed by atoms with van der Waals surface area (Å²) in [7, 11) is -6.08. The third-order valence-electron chi connectivity index (χ3n) is 27.5. The highest BCUT2D eigenvalue weighted by Gasteiger charge is 2.45. The predicted octanol–water partition coefficient (Wildman–Crippen LogP) is 26.5. The van der Waals surface area contributed by atoms with Gasteiger partial charge < -0.3 is 13.7 Å². The van der Waals surface area contributed by atoms with Gasteiger partial charge in [0, 0.05) is 115 Å². The molecule has 132 heavy (non-hydrogen) atoms. The quantitative estimate of drug-likeness (QED) is 0.120. The highest BCUT2D eigenvalue weighted by atomic mass is 28.3. The van der Waals surface area contributed by atoms with Gasteiger partial charge in [0.05, 0.1) is 50.2 Å². The lowest BCUT2D eigenvalue weighted by molar-refractivity contribution is 1.18. The minimum atomic E-state index is -2.04. The van der Waals surface area contributed by atoms with E-state index in [1.807, 2.05) is 18.2 Å². The van der Waals surface area contributed by atoms with Crippen molar-refractivity contribution in [3.8, 4) is 141 Å². The zero-order valence-electron chi connectivity index (χ0n) is 74.0. The van der Waals surface area contributed by atoms with Crippen molar-refractivity contribution in [2.45, 2.75) is 39.3 Å². The Labute approximate surface area is 769 Å². The smallest absolute Gasteiger partial charge is 0.159 e. The lowest BCUT2D eigenvalue weighted by Crippen LogP contribution is -2.50. The Morgan fingerprint density at radius 1 is 0.174 bits per heavy atom. The molecule has 0 saturated heterocycles. The summed E-state index contributed by atoms with van der Waals surface area (Å²) in [6.07, 6.45) is 0. The average Bonchev–Trinajstić information content (AvgIpc) is 1.56. The molecule has 17 aromatic carbocycles. The first-order valence-electron chi connectivity index (χ1n) is 45.5. The van der Waals surface area contributed by atoms with Crippen LogP contribution in [0.1, 0.15) is 0 Å². The molecule has 9 nitrogen and oxygen atoms in total. The third kappa shape index (κ3) is 13.1. The summed E-state index contributed by atoms with van der Waals surface area (Å²) in [5, 5.41) is 15.4. The van der Waals surface area contributed by atoms with E-state index in [0.29, 0.717) is 0 Å². The Morgan fingerprint density at radius 3 is 0.864 bits per heavy atom. The molecular formula is C120H89N9Si3. The number of hydrogen-bond donors (Lipinski definition) is 0. The SMILES string of the molecule is C[Si]1(C)c2ccccc2-c2c(-c3ccc4c(c3)c3ccccc3n4-c3ccc(-c4ccccc4)cc3)nc(-c3ccccc3)nc21.C[Si]1(C)c2ccccc2-c2c(-c3ccc4c(c3)c3ccccc3n4-c3cccc(-c4ccccc4)c3)nc(-c3ccccc3)nc21.C[Si]1(C)c2ccccc2-c2c(-c3ccc4c5ccccc5n(-c5ccccc5)c4c3)nc(-c3ccccc3)nc21. The van der Waals surface area contributed by atoms with Gasteiger partial charge >= 0.3 is 0 Å². The predicted molar refractivity (Wildman–Crippen MR) is 559 cm³/mol. The van der Waals surface area contributed by atoms with Gasteiger partial charge in [-0.3, -0.25) is 0 Å². The molecule has 0 amide bonds. The average molecular weight is 1740 g/mol. The van der Waals surface area contributed by atoms with Gasteiger partial charge in [-0.1, -0.05) is 385 Å². The van der Waals surface area contributed by atoms with Crippen molar-refractivity contribution in [1.82, 2.24) is 43.6 Å². The van der Waals surface area contributed by atoms with Crippen LogP contribution in [-0.2, 0) is 0 Å². The molecule has 0 fully saturated rings. The molecule has 9 heterocycles. The maximum atomic E-state index is 5.35. The Hall–Kier alpha value is -16.0. The summed E-state index contributed by atoms with van der Waals surface area (Å²) in [5.41, 5.74) is 32.4. The number of benzene rings is 17. The van der Waals surface area contributed by atoms with Crippen LogP contribution in [0, 0.1) is 0 Å². The van der Waals surface area contributed by atoms with Crippen molar-refractivity contribution in [1.29, 1.82) is 0 Å². The number of fused-ring (bicyclic) bond motifs is 18. The molecular weight excluding hydrogens is 1650 g/mol. The fraction of sp³-hybridized carbons (Fsp3) is 0.0500. The van der Waals surface area contributed by atoms with Crippen molar-refractivity contribution in [2.75, 3.05) is 0 Å². The topological polar surface area (TPSA) is 92.1 Å². The monoisotopic (exact) mass is 1740 g/mol. The van der Waals surface area contributed by atoms with Gasteiger partial charge in [0.15, 0.2) is 17.5 Å². The maximum absolute atomic E-state index is 5.35. The number of rotatable bonds is 11. The lowest BCUT2D eigenvalue weighted by Gasteiger charge is -2.19. The molecule has 3 aliphatic rings. The Kier molecular flexibility index (Phi) is 19.1. The lowest BCUT2D eigenvalue weighted by atomic mass is 9.99. The molecule has 0 bridgehead atoms. The summed E-state index contributed by atoms with van der Waals surface area (Å²) in [4.78, 5) is 31.9. The second-order valence-corrected chi connectivity index (χ2v) is 49.2. The first kappa shape index (κ1) is 79.4. The molecule has 6 aromatic heterocycles. The van der Waals surface area contributed by atoms with Crippen molar-refractivity contribution in [3.63, 3.8) is 0 Å². The highest BCUT2D eigenvalue weighted by molar-refractivity contribution is 7.04. The second kappa shape index (κ2) is 31.8. The van der Waals surface area contributed by atoms with Gasteiger partial charge in [-0.15, -0.1) is 0 Å². The molecule has 0 atom stereocenters. The summed E-state index contributed by atoms with van der Waals surface area (Å²) < 4.78 is 7.15. The van der Waals surface area contributed by atoms with Crippen molar-refractivity contribution in [3.05, 3.63) is 431 Å². The first-order valence-corrected chi connectivity index (χ1v) is 54.5. The number of hydrogen-bond acceptors (Lipinski definition) is 6. The van der Waals surface area contributed by atoms with E-state index < -0.39 is 24.2 Å². The van der Waals surface area contributed by atoms with Crippen LogP contribution in [0.25, 0.3) is 206 Å². The molecule has 0 aliphatic carbocycles. The fourth-order valence-electron chi connectivity index (χ4n) is 21.1. The van der Waals surface area contributed by atoms with Crippen LogP contribution in [0.4, 0.5) is 0 Å². The van der Waals surface area contributed by atoms with Crippen LogP contribution >= 0.6 is 0 Å². The van der Waals surface area contributed by atoms with Crippen molar-refractivity contribution in [2.24, 2.45) is 0 Å². The minimum absolute atomic E-state index is 0.794. The molecule has 23 aromatic rings. The number of aromatic nitrogens is 9. The molecule has 12 heteroatoms.